The molecule has 7 heteroatoms. The molecule has 0 bridgehead atoms. The van der Waals surface area contributed by atoms with Gasteiger partial charge in [0.15, 0.2) is 11.0 Å². The largest absolute Gasteiger partial charge is 0.335 e. The van der Waals surface area contributed by atoms with Gasteiger partial charge >= 0.3 is 0 Å². The summed E-state index contributed by atoms with van der Waals surface area (Å²) < 4.78 is 0. The van der Waals surface area contributed by atoms with E-state index in [1.165, 1.54) is 16.9 Å². The number of hydrogen-bond acceptors (Lipinski definition) is 6. The Morgan fingerprint density at radius 3 is 2.73 bits per heavy atom. The molecule has 1 aromatic heterocycles. The van der Waals surface area contributed by atoms with Gasteiger partial charge < -0.3 is 10.6 Å². The van der Waals surface area contributed by atoms with Gasteiger partial charge in [-0.1, -0.05) is 36.0 Å². The van der Waals surface area contributed by atoms with Crippen molar-refractivity contribution in [1.82, 2.24) is 15.5 Å². The predicted molar refractivity (Wildman–Crippen MR) is 85.8 cm³/mol. The molecule has 114 valence electrons. The Labute approximate surface area is 133 Å². The van der Waals surface area contributed by atoms with E-state index in [1.807, 2.05) is 44.2 Å². The molecule has 0 fully saturated rings. The SMILES string of the molecule is CCCC(=O)N[C@H](C#N)c1nnc(Nc2ccc(C)cc2)s1. The highest BCUT2D eigenvalue weighted by molar-refractivity contribution is 7.15. The van der Waals surface area contributed by atoms with Crippen molar-refractivity contribution >= 4 is 28.1 Å². The van der Waals surface area contributed by atoms with Crippen molar-refractivity contribution in [2.45, 2.75) is 32.7 Å². The maximum atomic E-state index is 11.6. The van der Waals surface area contributed by atoms with Gasteiger partial charge in [-0.15, -0.1) is 10.2 Å². The van der Waals surface area contributed by atoms with Crippen molar-refractivity contribution in [1.29, 1.82) is 5.26 Å². The molecule has 2 aromatic rings. The van der Waals surface area contributed by atoms with Crippen LogP contribution in [0, 0.1) is 18.3 Å². The molecular formula is C15H17N5OS. The van der Waals surface area contributed by atoms with Gasteiger partial charge in [0.1, 0.15) is 0 Å². The van der Waals surface area contributed by atoms with Crippen LogP contribution in [0.1, 0.15) is 36.4 Å². The Balaban J connectivity index is 2.04. The Bertz CT molecular complexity index is 674. The van der Waals surface area contributed by atoms with Crippen LogP contribution in [0.2, 0.25) is 0 Å². The van der Waals surface area contributed by atoms with Gasteiger partial charge in [0.2, 0.25) is 11.0 Å². The number of benzene rings is 1. The quantitative estimate of drug-likeness (QED) is 0.855. The molecule has 0 saturated heterocycles. The van der Waals surface area contributed by atoms with Gasteiger partial charge in [-0.05, 0) is 25.5 Å². The Hall–Kier alpha value is -2.46. The molecule has 0 aliphatic rings. The Kier molecular flexibility index (Phi) is 5.44. The molecule has 1 heterocycles. The van der Waals surface area contributed by atoms with Crippen LogP contribution in [0.15, 0.2) is 24.3 Å². The first-order valence-electron chi connectivity index (χ1n) is 6.98. The number of nitriles is 1. The van der Waals surface area contributed by atoms with Crippen LogP contribution in [0.25, 0.3) is 0 Å². The topological polar surface area (TPSA) is 90.7 Å². The summed E-state index contributed by atoms with van der Waals surface area (Å²) in [5.41, 5.74) is 2.07. The number of rotatable bonds is 6. The summed E-state index contributed by atoms with van der Waals surface area (Å²) in [6.07, 6.45) is 1.13. The number of nitrogens with zero attached hydrogens (tertiary/aromatic N) is 3. The van der Waals surface area contributed by atoms with Crippen LogP contribution in [-0.2, 0) is 4.79 Å². The van der Waals surface area contributed by atoms with Crippen molar-refractivity contribution < 1.29 is 4.79 Å². The van der Waals surface area contributed by atoms with E-state index in [9.17, 15) is 10.1 Å². The first-order chi connectivity index (χ1) is 10.6. The molecule has 0 unspecified atom stereocenters. The van der Waals surface area contributed by atoms with E-state index in [0.29, 0.717) is 16.6 Å². The van der Waals surface area contributed by atoms with Gasteiger partial charge in [-0.2, -0.15) is 5.26 Å². The molecule has 2 N–H and O–H groups in total. The molecule has 0 aliphatic heterocycles. The fraction of sp³-hybridized carbons (Fsp3) is 0.333. The van der Waals surface area contributed by atoms with E-state index in [0.717, 1.165) is 12.1 Å². The molecule has 0 saturated carbocycles. The Morgan fingerprint density at radius 2 is 2.09 bits per heavy atom. The van der Waals surface area contributed by atoms with E-state index in [1.54, 1.807) is 0 Å². The third-order valence-corrected chi connectivity index (χ3v) is 3.81. The second-order valence-electron chi connectivity index (χ2n) is 4.82. The lowest BCUT2D eigenvalue weighted by molar-refractivity contribution is -0.121. The van der Waals surface area contributed by atoms with Crippen molar-refractivity contribution in [3.63, 3.8) is 0 Å². The molecule has 0 spiro atoms. The summed E-state index contributed by atoms with van der Waals surface area (Å²) in [4.78, 5) is 11.6. The van der Waals surface area contributed by atoms with Gasteiger partial charge in [-0.25, -0.2) is 0 Å². The number of aryl methyl sites for hydroxylation is 1. The molecule has 1 amide bonds. The zero-order valence-electron chi connectivity index (χ0n) is 12.5. The van der Waals surface area contributed by atoms with Crippen LogP contribution >= 0.6 is 11.3 Å². The average Bonchev–Trinajstić information content (AvgIpc) is 2.96. The van der Waals surface area contributed by atoms with Crippen molar-refractivity contribution in [3.8, 4) is 6.07 Å². The molecule has 6 nitrogen and oxygen atoms in total. The lowest BCUT2D eigenvalue weighted by Crippen LogP contribution is -2.27. The van der Waals surface area contributed by atoms with Crippen molar-refractivity contribution in [2.24, 2.45) is 0 Å². The lowest BCUT2D eigenvalue weighted by atomic mass is 10.2. The van der Waals surface area contributed by atoms with Crippen LogP contribution in [0.3, 0.4) is 0 Å². The minimum Gasteiger partial charge on any atom is -0.335 e. The van der Waals surface area contributed by atoms with E-state index in [4.69, 9.17) is 0 Å². The number of amides is 1. The van der Waals surface area contributed by atoms with Crippen LogP contribution in [0.4, 0.5) is 10.8 Å². The summed E-state index contributed by atoms with van der Waals surface area (Å²) in [6, 6.07) is 9.16. The minimum atomic E-state index is -0.759. The highest BCUT2D eigenvalue weighted by atomic mass is 32.1. The second kappa shape index (κ2) is 7.52. The van der Waals surface area contributed by atoms with E-state index < -0.39 is 6.04 Å². The maximum Gasteiger partial charge on any atom is 0.221 e. The molecule has 2 rings (SSSR count). The third-order valence-electron chi connectivity index (χ3n) is 2.90. The summed E-state index contributed by atoms with van der Waals surface area (Å²) in [7, 11) is 0. The molecule has 0 aliphatic carbocycles. The first-order valence-corrected chi connectivity index (χ1v) is 7.80. The van der Waals surface area contributed by atoms with Crippen molar-refractivity contribution in [3.05, 3.63) is 34.8 Å². The number of carbonyl (C=O) groups excluding carboxylic acids is 1. The molecule has 22 heavy (non-hydrogen) atoms. The zero-order chi connectivity index (χ0) is 15.9. The second-order valence-corrected chi connectivity index (χ2v) is 5.83. The van der Waals surface area contributed by atoms with Gasteiger partial charge in [-0.3, -0.25) is 4.79 Å². The van der Waals surface area contributed by atoms with E-state index in [-0.39, 0.29) is 5.91 Å². The maximum absolute atomic E-state index is 11.6. The molecule has 1 atom stereocenters. The van der Waals surface area contributed by atoms with E-state index in [2.05, 4.69) is 20.8 Å². The first kappa shape index (κ1) is 15.9. The fourth-order valence-electron chi connectivity index (χ4n) is 1.77. The molecule has 0 radical (unpaired) electrons. The Morgan fingerprint density at radius 1 is 1.36 bits per heavy atom. The van der Waals surface area contributed by atoms with Crippen LogP contribution < -0.4 is 10.6 Å². The minimum absolute atomic E-state index is 0.155. The number of aromatic nitrogens is 2. The number of hydrogen-bond donors (Lipinski definition) is 2. The highest BCUT2D eigenvalue weighted by Gasteiger charge is 2.18. The summed E-state index contributed by atoms with van der Waals surface area (Å²) >= 11 is 1.25. The van der Waals surface area contributed by atoms with Gasteiger partial charge in [0.05, 0.1) is 6.07 Å². The number of anilines is 2. The van der Waals surface area contributed by atoms with Gasteiger partial charge in [0, 0.05) is 12.1 Å². The number of nitrogens with one attached hydrogen (secondary N) is 2. The predicted octanol–water partition coefficient (Wildman–Crippen LogP) is 3.07. The normalized spacial score (nSPS) is 11.5. The van der Waals surface area contributed by atoms with Gasteiger partial charge in [0.25, 0.3) is 0 Å². The van der Waals surface area contributed by atoms with Crippen molar-refractivity contribution in [2.75, 3.05) is 5.32 Å². The highest BCUT2D eigenvalue weighted by Crippen LogP contribution is 2.24. The average molecular weight is 315 g/mol. The fourth-order valence-corrected chi connectivity index (χ4v) is 2.53. The monoisotopic (exact) mass is 315 g/mol. The standard InChI is InChI=1S/C15H17N5OS/c1-3-4-13(21)18-12(9-16)14-19-20-15(22-14)17-11-7-5-10(2)6-8-11/h5-8,12H,3-4H2,1-2H3,(H,17,20)(H,18,21)/t12-/m1/s1. The summed E-state index contributed by atoms with van der Waals surface area (Å²) in [5.74, 6) is -0.155. The third kappa shape index (κ3) is 4.27. The molecule has 1 aromatic carbocycles. The lowest BCUT2D eigenvalue weighted by Gasteiger charge is -2.07. The summed E-state index contributed by atoms with van der Waals surface area (Å²) in [6.45, 7) is 3.93. The summed E-state index contributed by atoms with van der Waals surface area (Å²) in [5, 5.41) is 24.0. The van der Waals surface area contributed by atoms with Crippen LogP contribution in [-0.4, -0.2) is 16.1 Å². The molecular weight excluding hydrogens is 298 g/mol. The zero-order valence-corrected chi connectivity index (χ0v) is 13.3. The van der Waals surface area contributed by atoms with Crippen LogP contribution in [0.5, 0.6) is 0 Å². The van der Waals surface area contributed by atoms with E-state index >= 15 is 0 Å². The smallest absolute Gasteiger partial charge is 0.221 e. The number of carbonyl (C=O) groups is 1.